The zero-order valence-electron chi connectivity index (χ0n) is 17.6. The van der Waals surface area contributed by atoms with Gasteiger partial charge >= 0.3 is 5.97 Å². The molecule has 0 aromatic heterocycles. The number of para-hydroxylation sites is 2. The molecule has 0 unspecified atom stereocenters. The van der Waals surface area contributed by atoms with Crippen LogP contribution in [-0.4, -0.2) is 36.1 Å². The summed E-state index contributed by atoms with van der Waals surface area (Å²) >= 11 is 0. The Kier molecular flexibility index (Phi) is 5.07. The number of phenolic OH excluding ortho intramolecular Hbond substituents is 1. The lowest BCUT2D eigenvalue weighted by Crippen LogP contribution is -2.37. The van der Waals surface area contributed by atoms with Crippen LogP contribution in [-0.2, 0) is 19.2 Å². The number of hydrogen-bond acceptors (Lipinski definition) is 7. The number of fused-ring (bicyclic) bond motifs is 1. The third-order valence-corrected chi connectivity index (χ3v) is 5.93. The number of carbonyl (C=O) groups is 3. The van der Waals surface area contributed by atoms with Crippen LogP contribution in [0, 0.1) is 5.92 Å². The van der Waals surface area contributed by atoms with E-state index in [1.807, 2.05) is 30.3 Å². The maximum atomic E-state index is 13.6. The molecule has 3 aromatic carbocycles. The molecule has 1 N–H and O–H groups in total. The molecular formula is C25H20N2O6. The molecule has 2 heterocycles. The Bertz CT molecular complexity index is 1230. The lowest BCUT2D eigenvalue weighted by atomic mass is 9.90. The van der Waals surface area contributed by atoms with Crippen molar-refractivity contribution in [1.29, 1.82) is 0 Å². The summed E-state index contributed by atoms with van der Waals surface area (Å²) in [6.45, 7) is 0. The fraction of sp³-hybridized carbons (Fsp3) is 0.160. The summed E-state index contributed by atoms with van der Waals surface area (Å²) in [6, 6.07) is 21.1. The van der Waals surface area contributed by atoms with E-state index < -0.39 is 35.8 Å². The van der Waals surface area contributed by atoms with E-state index in [0.717, 1.165) is 4.90 Å². The zero-order chi connectivity index (χ0) is 23.1. The first kappa shape index (κ1) is 20.7. The number of benzene rings is 3. The van der Waals surface area contributed by atoms with Crippen molar-refractivity contribution in [3.63, 3.8) is 0 Å². The molecule has 2 amide bonds. The van der Waals surface area contributed by atoms with Crippen LogP contribution < -0.4 is 9.96 Å². The normalized spacial score (nSPS) is 21.9. The van der Waals surface area contributed by atoms with Crippen molar-refractivity contribution in [2.45, 2.75) is 12.1 Å². The smallest absolute Gasteiger partial charge is 0.337 e. The fourth-order valence-corrected chi connectivity index (χ4v) is 4.39. The van der Waals surface area contributed by atoms with E-state index in [-0.39, 0.29) is 5.75 Å². The standard InChI is InChI=1S/C25H20N2O6/c1-32-25(31)15-11-13-16(14-12-15)26-23(29)20-21(18-9-5-6-10-19(18)28)27(33-22(20)24(26)30)17-7-3-2-4-8-17/h2-14,20-22,28H,1H3/t20-,21+,22+/m0/s1. The van der Waals surface area contributed by atoms with Crippen molar-refractivity contribution in [1.82, 2.24) is 0 Å². The van der Waals surface area contributed by atoms with Gasteiger partial charge in [-0.05, 0) is 42.5 Å². The van der Waals surface area contributed by atoms with Crippen LogP contribution in [0.15, 0.2) is 78.9 Å². The molecular weight excluding hydrogens is 424 g/mol. The van der Waals surface area contributed by atoms with Gasteiger partial charge in [-0.2, -0.15) is 0 Å². The highest BCUT2D eigenvalue weighted by Crippen LogP contribution is 2.49. The number of phenols is 1. The second-order valence-electron chi connectivity index (χ2n) is 7.77. The average molecular weight is 444 g/mol. The number of hydrogen-bond donors (Lipinski definition) is 1. The number of hydroxylamine groups is 1. The van der Waals surface area contributed by atoms with E-state index >= 15 is 0 Å². The Morgan fingerprint density at radius 1 is 0.879 bits per heavy atom. The molecule has 0 saturated carbocycles. The van der Waals surface area contributed by atoms with Crippen LogP contribution in [0.5, 0.6) is 5.75 Å². The van der Waals surface area contributed by atoms with Gasteiger partial charge in [-0.3, -0.25) is 14.4 Å². The van der Waals surface area contributed by atoms with Crippen LogP contribution in [0.1, 0.15) is 22.0 Å². The van der Waals surface area contributed by atoms with Crippen LogP contribution in [0.25, 0.3) is 0 Å². The van der Waals surface area contributed by atoms with Crippen molar-refractivity contribution >= 4 is 29.2 Å². The van der Waals surface area contributed by atoms with Gasteiger partial charge in [0.15, 0.2) is 6.10 Å². The number of methoxy groups -OCH3 is 1. The van der Waals surface area contributed by atoms with Crippen molar-refractivity contribution in [3.8, 4) is 5.75 Å². The highest BCUT2D eigenvalue weighted by molar-refractivity contribution is 6.24. The number of rotatable bonds is 4. The number of anilines is 2. The molecule has 5 rings (SSSR count). The van der Waals surface area contributed by atoms with Gasteiger partial charge in [0, 0.05) is 5.56 Å². The second kappa shape index (κ2) is 8.07. The summed E-state index contributed by atoms with van der Waals surface area (Å²) in [6.07, 6.45) is -1.05. The molecule has 8 heteroatoms. The van der Waals surface area contributed by atoms with Gasteiger partial charge in [0.05, 0.1) is 30.1 Å². The van der Waals surface area contributed by atoms with E-state index in [1.165, 1.54) is 42.5 Å². The summed E-state index contributed by atoms with van der Waals surface area (Å²) in [7, 11) is 1.28. The van der Waals surface area contributed by atoms with Gasteiger partial charge in [-0.15, -0.1) is 0 Å². The fourth-order valence-electron chi connectivity index (χ4n) is 4.39. The van der Waals surface area contributed by atoms with E-state index in [1.54, 1.807) is 18.2 Å². The average Bonchev–Trinajstić information content (AvgIpc) is 3.35. The number of carbonyl (C=O) groups excluding carboxylic acids is 3. The minimum atomic E-state index is -1.05. The monoisotopic (exact) mass is 444 g/mol. The maximum Gasteiger partial charge on any atom is 0.337 e. The van der Waals surface area contributed by atoms with E-state index in [9.17, 15) is 19.5 Å². The van der Waals surface area contributed by atoms with E-state index in [4.69, 9.17) is 9.57 Å². The van der Waals surface area contributed by atoms with Gasteiger partial charge in [0.25, 0.3) is 5.91 Å². The number of nitrogens with zero attached hydrogens (tertiary/aromatic N) is 2. The Labute approximate surface area is 189 Å². The number of amides is 2. The number of ether oxygens (including phenoxy) is 1. The van der Waals surface area contributed by atoms with Crippen LogP contribution in [0.2, 0.25) is 0 Å². The molecule has 0 aliphatic carbocycles. The Morgan fingerprint density at radius 3 is 2.21 bits per heavy atom. The summed E-state index contributed by atoms with van der Waals surface area (Å²) in [5.74, 6) is -2.32. The van der Waals surface area contributed by atoms with Crippen LogP contribution in [0.3, 0.4) is 0 Å². The molecule has 0 spiro atoms. The molecule has 3 aromatic rings. The van der Waals surface area contributed by atoms with Gasteiger partial charge in [0.1, 0.15) is 11.7 Å². The SMILES string of the molecule is COC(=O)c1ccc(N2C(=O)[C@H]3[C@@H](c4ccccc4O)N(c4ccccc4)O[C@H]3C2=O)cc1. The second-order valence-corrected chi connectivity index (χ2v) is 7.77. The Hall–Kier alpha value is -4.17. The number of esters is 1. The van der Waals surface area contributed by atoms with Crippen LogP contribution >= 0.6 is 0 Å². The van der Waals surface area contributed by atoms with Gasteiger partial charge in [0.2, 0.25) is 5.91 Å². The predicted molar refractivity (Wildman–Crippen MR) is 118 cm³/mol. The molecule has 166 valence electrons. The summed E-state index contributed by atoms with van der Waals surface area (Å²) in [5.41, 5.74) is 1.78. The topological polar surface area (TPSA) is 96.4 Å². The first-order chi connectivity index (χ1) is 16.0. The number of aromatic hydroxyl groups is 1. The summed E-state index contributed by atoms with van der Waals surface area (Å²) in [5, 5.41) is 12.1. The quantitative estimate of drug-likeness (QED) is 0.488. The molecule has 0 bridgehead atoms. The summed E-state index contributed by atoms with van der Waals surface area (Å²) < 4.78 is 4.70. The minimum Gasteiger partial charge on any atom is -0.508 e. The molecule has 0 radical (unpaired) electrons. The molecule has 2 aliphatic rings. The molecule has 33 heavy (non-hydrogen) atoms. The van der Waals surface area contributed by atoms with Crippen molar-refractivity contribution in [2.75, 3.05) is 17.1 Å². The van der Waals surface area contributed by atoms with Crippen molar-refractivity contribution in [2.24, 2.45) is 5.92 Å². The highest BCUT2D eigenvalue weighted by Gasteiger charge is 2.60. The van der Waals surface area contributed by atoms with Crippen molar-refractivity contribution < 1.29 is 29.1 Å². The van der Waals surface area contributed by atoms with Gasteiger partial charge < -0.3 is 9.84 Å². The molecule has 2 aliphatic heterocycles. The Morgan fingerprint density at radius 2 is 1.55 bits per heavy atom. The first-order valence-electron chi connectivity index (χ1n) is 10.4. The largest absolute Gasteiger partial charge is 0.508 e. The summed E-state index contributed by atoms with van der Waals surface area (Å²) in [4.78, 5) is 45.7. The third kappa shape index (κ3) is 3.32. The maximum absolute atomic E-state index is 13.6. The molecule has 8 nitrogen and oxygen atoms in total. The predicted octanol–water partition coefficient (Wildman–Crippen LogP) is 3.23. The lowest BCUT2D eigenvalue weighted by Gasteiger charge is -2.29. The highest BCUT2D eigenvalue weighted by atomic mass is 16.7. The lowest BCUT2D eigenvalue weighted by molar-refractivity contribution is -0.126. The number of imide groups is 1. The molecule has 3 atom stereocenters. The third-order valence-electron chi connectivity index (χ3n) is 5.93. The van der Waals surface area contributed by atoms with E-state index in [2.05, 4.69) is 0 Å². The molecule has 2 saturated heterocycles. The van der Waals surface area contributed by atoms with Gasteiger partial charge in [-0.1, -0.05) is 36.4 Å². The molecule has 2 fully saturated rings. The van der Waals surface area contributed by atoms with Crippen LogP contribution in [0.4, 0.5) is 11.4 Å². The zero-order valence-corrected chi connectivity index (χ0v) is 17.6. The van der Waals surface area contributed by atoms with E-state index in [0.29, 0.717) is 22.5 Å². The Balaban J connectivity index is 1.54. The van der Waals surface area contributed by atoms with Crippen molar-refractivity contribution in [3.05, 3.63) is 90.0 Å². The van der Waals surface area contributed by atoms with Gasteiger partial charge in [-0.25, -0.2) is 14.8 Å². The first-order valence-corrected chi connectivity index (χ1v) is 10.4. The minimum absolute atomic E-state index is 0.00816.